The maximum absolute atomic E-state index is 5.68. The zero-order valence-electron chi connectivity index (χ0n) is 10.8. The molecule has 0 saturated carbocycles. The Morgan fingerprint density at radius 2 is 1.95 bits per heavy atom. The van der Waals surface area contributed by atoms with Gasteiger partial charge in [0.05, 0.1) is 12.6 Å². The minimum absolute atomic E-state index is 0.149. The summed E-state index contributed by atoms with van der Waals surface area (Å²) in [5, 5.41) is 5.83. The zero-order chi connectivity index (χ0) is 13.2. The highest BCUT2D eigenvalue weighted by molar-refractivity contribution is 9.10. The first-order chi connectivity index (χ1) is 9.28. The van der Waals surface area contributed by atoms with Gasteiger partial charge in [-0.25, -0.2) is 0 Å². The number of fused-ring (bicyclic) bond motifs is 1. The van der Waals surface area contributed by atoms with Gasteiger partial charge in [-0.3, -0.25) is 0 Å². The highest BCUT2D eigenvalue weighted by Crippen LogP contribution is 2.29. The van der Waals surface area contributed by atoms with Gasteiger partial charge in [-0.05, 0) is 47.7 Å². The normalized spacial score (nSPS) is 16.2. The fourth-order valence-corrected chi connectivity index (χ4v) is 2.90. The molecule has 98 valence electrons. The molecule has 1 unspecified atom stereocenters. The van der Waals surface area contributed by atoms with Crippen molar-refractivity contribution in [2.24, 2.45) is 0 Å². The number of halogens is 1. The lowest BCUT2D eigenvalue weighted by atomic mass is 10.0. The van der Waals surface area contributed by atoms with Crippen LogP contribution in [0.1, 0.15) is 18.0 Å². The fourth-order valence-electron chi connectivity index (χ4n) is 2.53. The van der Waals surface area contributed by atoms with Gasteiger partial charge in [0, 0.05) is 10.9 Å². The summed E-state index contributed by atoms with van der Waals surface area (Å²) in [4.78, 5) is 0. The largest absolute Gasteiger partial charge is 0.496 e. The molecule has 0 aromatic heterocycles. The predicted octanol–water partition coefficient (Wildman–Crippen LogP) is 4.17. The molecule has 1 N–H and O–H groups in total. The van der Waals surface area contributed by atoms with E-state index in [1.807, 2.05) is 7.05 Å². The molecule has 0 saturated heterocycles. The molecule has 1 aliphatic heterocycles. The first-order valence-electron chi connectivity index (χ1n) is 6.47. The molecule has 2 aromatic rings. The summed E-state index contributed by atoms with van der Waals surface area (Å²) in [5.74, 6) is 1.04. The highest BCUT2D eigenvalue weighted by Gasteiger charge is 2.19. The van der Waals surface area contributed by atoms with E-state index < -0.39 is 0 Å². The Bertz CT molecular complexity index is 636. The van der Waals surface area contributed by atoms with Gasteiger partial charge in [-0.2, -0.15) is 0 Å². The maximum atomic E-state index is 5.68. The molecule has 0 bridgehead atoms. The van der Waals surface area contributed by atoms with Gasteiger partial charge in [0.25, 0.3) is 0 Å². The summed E-state index contributed by atoms with van der Waals surface area (Å²) in [7, 11) is 1.97. The van der Waals surface area contributed by atoms with Gasteiger partial charge in [-0.15, -0.1) is 0 Å². The molecule has 1 heterocycles. The van der Waals surface area contributed by atoms with Crippen molar-refractivity contribution in [1.82, 2.24) is 5.32 Å². The standard InChI is InChI=1S/C16H16BrNO/c1-18-16(15-3-2-8-19-15)13-5-4-12-10-14(17)7-6-11(12)9-13/h3-7,9-10,16,18H,2,8H2,1H3. The van der Waals surface area contributed by atoms with Crippen LogP contribution >= 0.6 is 15.9 Å². The fraction of sp³-hybridized carbons (Fsp3) is 0.250. The van der Waals surface area contributed by atoms with E-state index in [1.54, 1.807) is 0 Å². The van der Waals surface area contributed by atoms with Crippen molar-refractivity contribution in [3.05, 3.63) is 58.3 Å². The molecule has 1 atom stereocenters. The monoisotopic (exact) mass is 317 g/mol. The topological polar surface area (TPSA) is 21.3 Å². The van der Waals surface area contributed by atoms with Crippen molar-refractivity contribution in [3.8, 4) is 0 Å². The van der Waals surface area contributed by atoms with E-state index in [2.05, 4.69) is 63.7 Å². The van der Waals surface area contributed by atoms with Crippen molar-refractivity contribution in [2.75, 3.05) is 13.7 Å². The molecule has 0 spiro atoms. The Hall–Kier alpha value is -1.32. The van der Waals surface area contributed by atoms with E-state index in [9.17, 15) is 0 Å². The van der Waals surface area contributed by atoms with Crippen LogP contribution in [-0.2, 0) is 4.74 Å². The average molecular weight is 318 g/mol. The summed E-state index contributed by atoms with van der Waals surface area (Å²) >= 11 is 3.51. The van der Waals surface area contributed by atoms with Gasteiger partial charge in [0.2, 0.25) is 0 Å². The minimum Gasteiger partial charge on any atom is -0.496 e. The molecule has 0 fully saturated rings. The van der Waals surface area contributed by atoms with Crippen molar-refractivity contribution in [3.63, 3.8) is 0 Å². The smallest absolute Gasteiger partial charge is 0.114 e. The van der Waals surface area contributed by atoms with Gasteiger partial charge in [0.1, 0.15) is 5.76 Å². The third-order valence-electron chi connectivity index (χ3n) is 3.46. The number of hydrogen-bond acceptors (Lipinski definition) is 2. The SMILES string of the molecule is CNC(C1=CCCO1)c1ccc2cc(Br)ccc2c1. The van der Waals surface area contributed by atoms with E-state index in [1.165, 1.54) is 16.3 Å². The summed E-state index contributed by atoms with van der Waals surface area (Å²) in [5.41, 5.74) is 1.24. The van der Waals surface area contributed by atoms with Gasteiger partial charge >= 0.3 is 0 Å². The molecular formula is C16H16BrNO. The highest BCUT2D eigenvalue weighted by atomic mass is 79.9. The van der Waals surface area contributed by atoms with Crippen LogP contribution in [0.25, 0.3) is 10.8 Å². The van der Waals surface area contributed by atoms with Crippen LogP contribution in [0.5, 0.6) is 0 Å². The predicted molar refractivity (Wildman–Crippen MR) is 82.1 cm³/mol. The third kappa shape index (κ3) is 2.53. The second kappa shape index (κ2) is 5.35. The third-order valence-corrected chi connectivity index (χ3v) is 3.96. The van der Waals surface area contributed by atoms with Crippen LogP contribution in [0.3, 0.4) is 0 Å². The number of rotatable bonds is 3. The molecule has 1 aliphatic rings. The van der Waals surface area contributed by atoms with E-state index >= 15 is 0 Å². The lowest BCUT2D eigenvalue weighted by Crippen LogP contribution is -2.18. The van der Waals surface area contributed by atoms with Crippen molar-refractivity contribution >= 4 is 26.7 Å². The van der Waals surface area contributed by atoms with Crippen molar-refractivity contribution < 1.29 is 4.74 Å². The Kier molecular flexibility index (Phi) is 3.58. The first kappa shape index (κ1) is 12.7. The Morgan fingerprint density at radius 3 is 2.68 bits per heavy atom. The second-order valence-electron chi connectivity index (χ2n) is 4.72. The van der Waals surface area contributed by atoms with E-state index in [-0.39, 0.29) is 6.04 Å². The number of hydrogen-bond donors (Lipinski definition) is 1. The molecule has 3 rings (SSSR count). The van der Waals surface area contributed by atoms with Crippen LogP contribution in [0.2, 0.25) is 0 Å². The maximum Gasteiger partial charge on any atom is 0.114 e. The summed E-state index contributed by atoms with van der Waals surface area (Å²) in [6.45, 7) is 0.800. The molecular weight excluding hydrogens is 302 g/mol. The lowest BCUT2D eigenvalue weighted by molar-refractivity contribution is 0.218. The van der Waals surface area contributed by atoms with Crippen LogP contribution in [0.4, 0.5) is 0 Å². The van der Waals surface area contributed by atoms with E-state index in [4.69, 9.17) is 4.74 Å². The van der Waals surface area contributed by atoms with Gasteiger partial charge in [0.15, 0.2) is 0 Å². The van der Waals surface area contributed by atoms with Gasteiger partial charge < -0.3 is 10.1 Å². The first-order valence-corrected chi connectivity index (χ1v) is 7.26. The number of likely N-dealkylation sites (N-methyl/N-ethyl adjacent to an activating group) is 1. The number of ether oxygens (including phenoxy) is 1. The number of benzene rings is 2. The number of nitrogens with one attached hydrogen (secondary N) is 1. The van der Waals surface area contributed by atoms with Crippen LogP contribution in [0.15, 0.2) is 52.7 Å². The molecule has 3 heteroatoms. The second-order valence-corrected chi connectivity index (χ2v) is 5.63. The zero-order valence-corrected chi connectivity index (χ0v) is 12.4. The van der Waals surface area contributed by atoms with Gasteiger partial charge in [-0.1, -0.05) is 34.1 Å². The Balaban J connectivity index is 2.01. The molecule has 0 amide bonds. The van der Waals surface area contributed by atoms with Crippen LogP contribution in [-0.4, -0.2) is 13.7 Å². The van der Waals surface area contributed by atoms with Crippen molar-refractivity contribution in [2.45, 2.75) is 12.5 Å². The Labute approximate surface area is 121 Å². The van der Waals surface area contributed by atoms with E-state index in [0.29, 0.717) is 0 Å². The molecule has 19 heavy (non-hydrogen) atoms. The Morgan fingerprint density at radius 1 is 1.16 bits per heavy atom. The summed E-state index contributed by atoms with van der Waals surface area (Å²) in [6, 6.07) is 13.1. The molecule has 2 aromatic carbocycles. The average Bonchev–Trinajstić information content (AvgIpc) is 2.93. The lowest BCUT2D eigenvalue weighted by Gasteiger charge is -2.18. The van der Waals surface area contributed by atoms with E-state index in [0.717, 1.165) is 23.3 Å². The molecule has 0 aliphatic carbocycles. The minimum atomic E-state index is 0.149. The summed E-state index contributed by atoms with van der Waals surface area (Å²) in [6.07, 6.45) is 3.18. The molecule has 0 radical (unpaired) electrons. The summed E-state index contributed by atoms with van der Waals surface area (Å²) < 4.78 is 6.79. The van der Waals surface area contributed by atoms with Crippen LogP contribution in [0, 0.1) is 0 Å². The van der Waals surface area contributed by atoms with Crippen LogP contribution < -0.4 is 5.32 Å². The molecule has 2 nitrogen and oxygen atoms in total. The quantitative estimate of drug-likeness (QED) is 0.917. The van der Waals surface area contributed by atoms with Crippen molar-refractivity contribution in [1.29, 1.82) is 0 Å².